The van der Waals surface area contributed by atoms with Gasteiger partial charge < -0.3 is 14.4 Å². The first-order valence-corrected chi connectivity index (χ1v) is 6.81. The summed E-state index contributed by atoms with van der Waals surface area (Å²) in [5.41, 5.74) is 1.16. The highest BCUT2D eigenvalue weighted by atomic mass is 16.6. The molecule has 1 fully saturated rings. The maximum Gasteiger partial charge on any atom is 0.410 e. The molecule has 104 valence electrons. The Balaban J connectivity index is 1.84. The number of nitrogens with zero attached hydrogens (tertiary/aromatic N) is 1. The Labute approximate surface area is 114 Å². The Morgan fingerprint density at radius 2 is 2.11 bits per heavy atom. The van der Waals surface area contributed by atoms with E-state index >= 15 is 0 Å². The van der Waals surface area contributed by atoms with Crippen molar-refractivity contribution in [1.29, 1.82) is 0 Å². The predicted molar refractivity (Wildman–Crippen MR) is 72.8 cm³/mol. The maximum absolute atomic E-state index is 11.7. The Hall–Kier alpha value is -1.55. The van der Waals surface area contributed by atoms with Gasteiger partial charge in [0.1, 0.15) is 0 Å². The number of carbonyl (C=O) groups is 1. The molecule has 0 aliphatic carbocycles. The third-order valence-corrected chi connectivity index (χ3v) is 3.49. The van der Waals surface area contributed by atoms with Crippen molar-refractivity contribution in [2.24, 2.45) is 0 Å². The van der Waals surface area contributed by atoms with Crippen LogP contribution in [-0.4, -0.2) is 36.3 Å². The van der Waals surface area contributed by atoms with Crippen LogP contribution in [0.3, 0.4) is 0 Å². The quantitative estimate of drug-likeness (QED) is 0.838. The van der Waals surface area contributed by atoms with E-state index in [0.29, 0.717) is 19.8 Å². The Morgan fingerprint density at radius 1 is 1.37 bits per heavy atom. The van der Waals surface area contributed by atoms with Crippen LogP contribution in [0.2, 0.25) is 0 Å². The lowest BCUT2D eigenvalue weighted by atomic mass is 10.2. The first-order valence-electron chi connectivity index (χ1n) is 6.81. The molecule has 0 radical (unpaired) electrons. The first kappa shape index (κ1) is 13.9. The van der Waals surface area contributed by atoms with Crippen LogP contribution in [0.1, 0.15) is 25.8 Å². The lowest BCUT2D eigenvalue weighted by molar-refractivity contribution is 0.0190. The zero-order valence-electron chi connectivity index (χ0n) is 11.5. The zero-order valence-corrected chi connectivity index (χ0v) is 11.5. The second kappa shape index (κ2) is 6.57. The Morgan fingerprint density at radius 3 is 2.79 bits per heavy atom. The summed E-state index contributed by atoms with van der Waals surface area (Å²) >= 11 is 0. The molecule has 19 heavy (non-hydrogen) atoms. The van der Waals surface area contributed by atoms with Crippen LogP contribution in [0.15, 0.2) is 30.3 Å². The van der Waals surface area contributed by atoms with Crippen LogP contribution in [0.25, 0.3) is 0 Å². The summed E-state index contributed by atoms with van der Waals surface area (Å²) in [6.45, 7) is 5.55. The summed E-state index contributed by atoms with van der Waals surface area (Å²) in [7, 11) is 0. The number of carbonyl (C=O) groups excluding carboxylic acids is 1. The van der Waals surface area contributed by atoms with E-state index in [1.54, 1.807) is 4.90 Å². The van der Waals surface area contributed by atoms with Crippen molar-refractivity contribution in [2.75, 3.05) is 13.2 Å². The van der Waals surface area contributed by atoms with Crippen molar-refractivity contribution in [1.82, 2.24) is 4.90 Å². The molecule has 1 aromatic carbocycles. The molecule has 1 aliphatic rings. The van der Waals surface area contributed by atoms with Gasteiger partial charge in [-0.2, -0.15) is 0 Å². The van der Waals surface area contributed by atoms with Crippen LogP contribution in [0.4, 0.5) is 4.79 Å². The monoisotopic (exact) mass is 263 g/mol. The molecular weight excluding hydrogens is 242 g/mol. The van der Waals surface area contributed by atoms with Gasteiger partial charge in [-0.1, -0.05) is 30.3 Å². The molecule has 0 bridgehead atoms. The minimum absolute atomic E-state index is 0.0720. The van der Waals surface area contributed by atoms with Crippen LogP contribution < -0.4 is 0 Å². The first-order chi connectivity index (χ1) is 9.22. The van der Waals surface area contributed by atoms with Gasteiger partial charge in [-0.3, -0.25) is 0 Å². The maximum atomic E-state index is 11.7. The largest absolute Gasteiger partial charge is 0.450 e. The fourth-order valence-corrected chi connectivity index (χ4v) is 2.38. The van der Waals surface area contributed by atoms with Gasteiger partial charge in [-0.05, 0) is 25.8 Å². The van der Waals surface area contributed by atoms with Gasteiger partial charge in [-0.25, -0.2) is 4.79 Å². The molecule has 4 nitrogen and oxygen atoms in total. The topological polar surface area (TPSA) is 38.8 Å². The van der Waals surface area contributed by atoms with Crippen LogP contribution in [-0.2, 0) is 16.1 Å². The van der Waals surface area contributed by atoms with Gasteiger partial charge >= 0.3 is 6.09 Å². The minimum Gasteiger partial charge on any atom is -0.450 e. The summed E-state index contributed by atoms with van der Waals surface area (Å²) in [6.07, 6.45) is 0.720. The smallest absolute Gasteiger partial charge is 0.410 e. The molecule has 0 spiro atoms. The van der Waals surface area contributed by atoms with E-state index in [1.165, 1.54) is 0 Å². The fraction of sp³-hybridized carbons (Fsp3) is 0.533. The highest BCUT2D eigenvalue weighted by Crippen LogP contribution is 2.22. The standard InChI is InChI=1S/C15H21NO3/c1-3-18-15(17)16-10-9-14(12(16)2)19-11-13-7-5-4-6-8-13/h4-8,12,14H,3,9-11H2,1-2H3. The number of likely N-dealkylation sites (tertiary alicyclic amines) is 1. The summed E-state index contributed by atoms with van der Waals surface area (Å²) in [4.78, 5) is 13.5. The summed E-state index contributed by atoms with van der Waals surface area (Å²) < 4.78 is 10.9. The van der Waals surface area contributed by atoms with Crippen LogP contribution in [0, 0.1) is 0 Å². The molecule has 0 N–H and O–H groups in total. The van der Waals surface area contributed by atoms with E-state index in [2.05, 4.69) is 0 Å². The van der Waals surface area contributed by atoms with Crippen molar-refractivity contribution in [3.8, 4) is 0 Å². The molecule has 1 heterocycles. The Kier molecular flexibility index (Phi) is 4.80. The number of rotatable bonds is 4. The highest BCUT2D eigenvalue weighted by molar-refractivity contribution is 5.68. The zero-order chi connectivity index (χ0) is 13.7. The van der Waals surface area contributed by atoms with Gasteiger partial charge in [0.15, 0.2) is 0 Å². The van der Waals surface area contributed by atoms with Gasteiger partial charge in [0.05, 0.1) is 25.4 Å². The third kappa shape index (κ3) is 3.47. The average Bonchev–Trinajstić information content (AvgIpc) is 2.79. The molecular formula is C15H21NO3. The third-order valence-electron chi connectivity index (χ3n) is 3.49. The van der Waals surface area contributed by atoms with Gasteiger partial charge in [0.2, 0.25) is 0 Å². The molecule has 2 unspecified atom stereocenters. The molecule has 1 aliphatic heterocycles. The van der Waals surface area contributed by atoms with Gasteiger partial charge in [0, 0.05) is 6.54 Å². The molecule has 1 saturated heterocycles. The van der Waals surface area contributed by atoms with Crippen molar-refractivity contribution < 1.29 is 14.3 Å². The molecule has 2 rings (SSSR count). The minimum atomic E-state index is -0.235. The molecule has 2 atom stereocenters. The molecule has 1 aromatic rings. The molecule has 1 amide bonds. The number of ether oxygens (including phenoxy) is 2. The second-order valence-electron chi connectivity index (χ2n) is 4.76. The molecule has 4 heteroatoms. The summed E-state index contributed by atoms with van der Waals surface area (Å²) in [5, 5.41) is 0. The van der Waals surface area contributed by atoms with Crippen LogP contribution >= 0.6 is 0 Å². The van der Waals surface area contributed by atoms with Crippen molar-refractivity contribution in [3.05, 3.63) is 35.9 Å². The average molecular weight is 263 g/mol. The molecule has 0 saturated carbocycles. The lowest BCUT2D eigenvalue weighted by Gasteiger charge is -2.24. The highest BCUT2D eigenvalue weighted by Gasteiger charge is 2.35. The van der Waals surface area contributed by atoms with E-state index in [0.717, 1.165) is 12.0 Å². The van der Waals surface area contributed by atoms with Crippen LogP contribution in [0.5, 0.6) is 0 Å². The van der Waals surface area contributed by atoms with Gasteiger partial charge in [-0.15, -0.1) is 0 Å². The predicted octanol–water partition coefficient (Wildman–Crippen LogP) is 2.82. The number of hydrogen-bond donors (Lipinski definition) is 0. The Bertz CT molecular complexity index is 407. The molecule has 0 aromatic heterocycles. The normalized spacial score (nSPS) is 22.5. The van der Waals surface area contributed by atoms with Crippen molar-refractivity contribution in [2.45, 2.75) is 39.0 Å². The number of hydrogen-bond acceptors (Lipinski definition) is 3. The SMILES string of the molecule is CCOC(=O)N1CCC(OCc2ccccc2)C1C. The van der Waals surface area contributed by atoms with Crippen molar-refractivity contribution in [3.63, 3.8) is 0 Å². The van der Waals surface area contributed by atoms with E-state index in [1.807, 2.05) is 44.2 Å². The lowest BCUT2D eigenvalue weighted by Crippen LogP contribution is -2.38. The van der Waals surface area contributed by atoms with Crippen molar-refractivity contribution >= 4 is 6.09 Å². The van der Waals surface area contributed by atoms with E-state index in [4.69, 9.17) is 9.47 Å². The van der Waals surface area contributed by atoms with Gasteiger partial charge in [0.25, 0.3) is 0 Å². The second-order valence-corrected chi connectivity index (χ2v) is 4.76. The van der Waals surface area contributed by atoms with E-state index in [9.17, 15) is 4.79 Å². The summed E-state index contributed by atoms with van der Waals surface area (Å²) in [5.74, 6) is 0. The van der Waals surface area contributed by atoms with E-state index in [-0.39, 0.29) is 18.2 Å². The number of amides is 1. The fourth-order valence-electron chi connectivity index (χ4n) is 2.38. The number of benzene rings is 1. The summed E-state index contributed by atoms with van der Waals surface area (Å²) in [6, 6.07) is 10.2. The van der Waals surface area contributed by atoms with E-state index < -0.39 is 0 Å².